The third-order valence-electron chi connectivity index (χ3n) is 5.57. The minimum absolute atomic E-state index is 0.0560. The molecule has 0 aromatic rings. The van der Waals surface area contributed by atoms with E-state index in [9.17, 15) is 14.7 Å². The first kappa shape index (κ1) is 15.3. The molecule has 0 aromatic heterocycles. The lowest BCUT2D eigenvalue weighted by Gasteiger charge is -2.30. The van der Waals surface area contributed by atoms with Gasteiger partial charge in [0.1, 0.15) is 6.04 Å². The van der Waals surface area contributed by atoms with Gasteiger partial charge in [0.25, 0.3) is 0 Å². The Hall–Kier alpha value is -1.06. The minimum atomic E-state index is -0.815. The summed E-state index contributed by atoms with van der Waals surface area (Å²) in [6.45, 7) is 6.83. The lowest BCUT2D eigenvalue weighted by molar-refractivity contribution is -0.151. The molecule has 20 heavy (non-hydrogen) atoms. The highest BCUT2D eigenvalue weighted by atomic mass is 16.4. The summed E-state index contributed by atoms with van der Waals surface area (Å²) in [6, 6.07) is -0.577. The number of fused-ring (bicyclic) bond motifs is 1. The van der Waals surface area contributed by atoms with Gasteiger partial charge in [-0.25, -0.2) is 4.79 Å². The first-order valence-corrected chi connectivity index (χ1v) is 8.04. The number of hydrogen-bond donors (Lipinski definition) is 1. The van der Waals surface area contributed by atoms with Crippen molar-refractivity contribution < 1.29 is 14.7 Å². The van der Waals surface area contributed by atoms with Crippen molar-refractivity contribution in [2.75, 3.05) is 6.54 Å². The summed E-state index contributed by atoms with van der Waals surface area (Å²) in [5, 5.41) is 9.52. The molecule has 2 fully saturated rings. The van der Waals surface area contributed by atoms with Crippen LogP contribution in [0.3, 0.4) is 0 Å². The number of rotatable bonds is 5. The fraction of sp³-hybridized carbons (Fsp3) is 0.875. The molecule has 1 saturated heterocycles. The van der Waals surface area contributed by atoms with Crippen molar-refractivity contribution in [3.63, 3.8) is 0 Å². The van der Waals surface area contributed by atoms with Gasteiger partial charge < -0.3 is 10.0 Å². The molecule has 1 saturated carbocycles. The molecule has 1 aliphatic heterocycles. The number of nitrogens with zero attached hydrogens (tertiary/aromatic N) is 1. The standard InChI is InChI=1S/C16H27NO3/c1-4-11(5-2)10(3)15(18)17-9-12-7-6-8-13(12)14(17)16(19)20/h10-14H,4-9H2,1-3H3,(H,19,20). The molecule has 0 bridgehead atoms. The second-order valence-corrected chi connectivity index (χ2v) is 6.49. The van der Waals surface area contributed by atoms with Crippen LogP contribution in [0.25, 0.3) is 0 Å². The molecule has 4 nitrogen and oxygen atoms in total. The molecule has 0 aromatic carbocycles. The number of amides is 1. The van der Waals surface area contributed by atoms with Crippen molar-refractivity contribution in [1.29, 1.82) is 0 Å². The van der Waals surface area contributed by atoms with Gasteiger partial charge in [-0.05, 0) is 30.6 Å². The molecule has 1 N–H and O–H groups in total. The zero-order valence-electron chi connectivity index (χ0n) is 12.8. The predicted octanol–water partition coefficient (Wildman–Crippen LogP) is 2.77. The van der Waals surface area contributed by atoms with Crippen molar-refractivity contribution in [2.24, 2.45) is 23.7 Å². The van der Waals surface area contributed by atoms with Crippen molar-refractivity contribution in [3.8, 4) is 0 Å². The van der Waals surface area contributed by atoms with E-state index in [0.717, 1.165) is 32.1 Å². The molecule has 4 atom stereocenters. The van der Waals surface area contributed by atoms with Crippen LogP contribution in [-0.2, 0) is 9.59 Å². The highest BCUT2D eigenvalue weighted by molar-refractivity contribution is 5.86. The number of likely N-dealkylation sites (tertiary alicyclic amines) is 1. The van der Waals surface area contributed by atoms with Crippen LogP contribution in [0, 0.1) is 23.7 Å². The van der Waals surface area contributed by atoms with Gasteiger partial charge in [-0.3, -0.25) is 4.79 Å². The summed E-state index contributed by atoms with van der Waals surface area (Å²) >= 11 is 0. The van der Waals surface area contributed by atoms with Crippen LogP contribution in [0.2, 0.25) is 0 Å². The van der Waals surface area contributed by atoms with E-state index in [4.69, 9.17) is 0 Å². The number of carbonyl (C=O) groups excluding carboxylic acids is 1. The van der Waals surface area contributed by atoms with Crippen LogP contribution in [0.15, 0.2) is 0 Å². The van der Waals surface area contributed by atoms with E-state index in [0.29, 0.717) is 18.4 Å². The first-order valence-electron chi connectivity index (χ1n) is 8.04. The highest BCUT2D eigenvalue weighted by Gasteiger charge is 2.50. The van der Waals surface area contributed by atoms with Crippen LogP contribution in [-0.4, -0.2) is 34.5 Å². The van der Waals surface area contributed by atoms with E-state index in [1.165, 1.54) is 0 Å². The van der Waals surface area contributed by atoms with E-state index in [-0.39, 0.29) is 17.7 Å². The minimum Gasteiger partial charge on any atom is -0.480 e. The third-order valence-corrected chi connectivity index (χ3v) is 5.57. The molecule has 0 radical (unpaired) electrons. The molecule has 1 aliphatic carbocycles. The normalized spacial score (nSPS) is 30.6. The second-order valence-electron chi connectivity index (χ2n) is 6.49. The Morgan fingerprint density at radius 2 is 1.90 bits per heavy atom. The Morgan fingerprint density at radius 1 is 1.25 bits per heavy atom. The molecule has 1 heterocycles. The Labute approximate surface area is 121 Å². The van der Waals surface area contributed by atoms with Gasteiger partial charge in [0, 0.05) is 12.5 Å². The maximum absolute atomic E-state index is 12.7. The predicted molar refractivity (Wildman–Crippen MR) is 77.2 cm³/mol. The maximum atomic E-state index is 12.7. The van der Waals surface area contributed by atoms with Crippen molar-refractivity contribution in [1.82, 2.24) is 4.90 Å². The third kappa shape index (κ3) is 2.57. The number of carboxylic acid groups (broad SMARTS) is 1. The number of hydrogen-bond acceptors (Lipinski definition) is 2. The lowest BCUT2D eigenvalue weighted by atomic mass is 9.88. The maximum Gasteiger partial charge on any atom is 0.326 e. The Morgan fingerprint density at radius 3 is 2.45 bits per heavy atom. The average Bonchev–Trinajstić information content (AvgIpc) is 2.98. The summed E-state index contributed by atoms with van der Waals surface area (Å²) in [7, 11) is 0. The van der Waals surface area contributed by atoms with Crippen molar-refractivity contribution in [3.05, 3.63) is 0 Å². The number of aliphatic carboxylic acids is 1. The van der Waals surface area contributed by atoms with Gasteiger partial charge in [-0.15, -0.1) is 0 Å². The molecule has 0 spiro atoms. The van der Waals surface area contributed by atoms with Gasteiger partial charge in [0.05, 0.1) is 0 Å². The molecule has 2 aliphatic rings. The molecular formula is C16H27NO3. The van der Waals surface area contributed by atoms with Crippen molar-refractivity contribution in [2.45, 2.75) is 58.9 Å². The molecule has 4 heteroatoms. The van der Waals surface area contributed by atoms with Crippen LogP contribution in [0.4, 0.5) is 0 Å². The van der Waals surface area contributed by atoms with Crippen LogP contribution >= 0.6 is 0 Å². The highest BCUT2D eigenvalue weighted by Crippen LogP contribution is 2.43. The number of carboxylic acids is 1. The Balaban J connectivity index is 2.14. The first-order chi connectivity index (χ1) is 9.51. The van der Waals surface area contributed by atoms with E-state index >= 15 is 0 Å². The fourth-order valence-electron chi connectivity index (χ4n) is 4.31. The van der Waals surface area contributed by atoms with Gasteiger partial charge in [0.15, 0.2) is 0 Å². The smallest absolute Gasteiger partial charge is 0.326 e. The molecule has 4 unspecified atom stereocenters. The van der Waals surface area contributed by atoms with E-state index in [1.807, 2.05) is 6.92 Å². The summed E-state index contributed by atoms with van der Waals surface area (Å²) < 4.78 is 0. The summed E-state index contributed by atoms with van der Waals surface area (Å²) in [5.74, 6) is 0.132. The Bertz CT molecular complexity index is 378. The largest absolute Gasteiger partial charge is 0.480 e. The lowest BCUT2D eigenvalue weighted by Crippen LogP contribution is -2.46. The zero-order valence-corrected chi connectivity index (χ0v) is 12.8. The van der Waals surface area contributed by atoms with Crippen LogP contribution in [0.1, 0.15) is 52.9 Å². The Kier molecular flexibility index (Phi) is 4.71. The topological polar surface area (TPSA) is 57.6 Å². The summed E-state index contributed by atoms with van der Waals surface area (Å²) in [5.41, 5.74) is 0. The molecule has 2 rings (SSSR count). The van der Waals surface area contributed by atoms with E-state index in [2.05, 4.69) is 13.8 Å². The molecule has 114 valence electrons. The van der Waals surface area contributed by atoms with E-state index in [1.54, 1.807) is 4.90 Å². The van der Waals surface area contributed by atoms with Crippen molar-refractivity contribution >= 4 is 11.9 Å². The average molecular weight is 281 g/mol. The van der Waals surface area contributed by atoms with Gasteiger partial charge >= 0.3 is 5.97 Å². The summed E-state index contributed by atoms with van der Waals surface area (Å²) in [4.78, 5) is 26.0. The van der Waals surface area contributed by atoms with Crippen LogP contribution < -0.4 is 0 Å². The van der Waals surface area contributed by atoms with Gasteiger partial charge in [-0.2, -0.15) is 0 Å². The van der Waals surface area contributed by atoms with Gasteiger partial charge in [-0.1, -0.05) is 40.0 Å². The van der Waals surface area contributed by atoms with Crippen LogP contribution in [0.5, 0.6) is 0 Å². The molecular weight excluding hydrogens is 254 g/mol. The van der Waals surface area contributed by atoms with Gasteiger partial charge in [0.2, 0.25) is 5.91 Å². The number of carbonyl (C=O) groups is 2. The monoisotopic (exact) mass is 281 g/mol. The quantitative estimate of drug-likeness (QED) is 0.843. The van der Waals surface area contributed by atoms with E-state index < -0.39 is 12.0 Å². The SMILES string of the molecule is CCC(CC)C(C)C(=O)N1CC2CCCC2C1C(=O)O. The second kappa shape index (κ2) is 6.15. The summed E-state index contributed by atoms with van der Waals surface area (Å²) in [6.07, 6.45) is 5.11. The zero-order chi connectivity index (χ0) is 14.9. The molecule has 1 amide bonds. The fourth-order valence-corrected chi connectivity index (χ4v) is 4.31.